The van der Waals surface area contributed by atoms with E-state index in [2.05, 4.69) is 9.72 Å². The summed E-state index contributed by atoms with van der Waals surface area (Å²) in [5.74, 6) is 0.558. The van der Waals surface area contributed by atoms with Gasteiger partial charge in [-0.25, -0.2) is 14.3 Å². The van der Waals surface area contributed by atoms with E-state index >= 15 is 0 Å². The fourth-order valence-electron chi connectivity index (χ4n) is 1.59. The Kier molecular flexibility index (Phi) is 5.78. The fourth-order valence-corrected chi connectivity index (χ4v) is 1.59. The van der Waals surface area contributed by atoms with E-state index in [1.807, 2.05) is 6.92 Å². The lowest BCUT2D eigenvalue weighted by Gasteiger charge is -2.28. The number of aliphatic hydroxyl groups is 1. The number of aryl methyl sites for hydroxylation is 1. The fraction of sp³-hybridized carbons (Fsp3) is 0.667. The van der Waals surface area contributed by atoms with Gasteiger partial charge in [0.1, 0.15) is 5.82 Å². The number of imidazole rings is 1. The van der Waals surface area contributed by atoms with E-state index in [1.54, 1.807) is 13.8 Å². The zero-order chi connectivity index (χ0) is 14.3. The number of hydrogen-bond acceptors (Lipinski definition) is 6. The Bertz CT molecular complexity index is 407. The highest BCUT2D eigenvalue weighted by Crippen LogP contribution is 2.20. The van der Waals surface area contributed by atoms with Gasteiger partial charge in [0.2, 0.25) is 0 Å². The second-order valence-corrected chi connectivity index (χ2v) is 3.73. The molecule has 1 aromatic rings. The first-order valence-corrected chi connectivity index (χ1v) is 6.32. The Morgan fingerprint density at radius 3 is 2.74 bits per heavy atom. The predicted octanol–water partition coefficient (Wildman–Crippen LogP) is 1.61. The summed E-state index contributed by atoms with van der Waals surface area (Å²) in [6.07, 6.45) is 1.20. The third-order valence-corrected chi connectivity index (χ3v) is 2.31. The van der Waals surface area contributed by atoms with Crippen LogP contribution < -0.4 is 0 Å². The van der Waals surface area contributed by atoms with Crippen molar-refractivity contribution in [2.45, 2.75) is 39.7 Å². The van der Waals surface area contributed by atoms with Gasteiger partial charge in [0, 0.05) is 18.8 Å². The van der Waals surface area contributed by atoms with Crippen molar-refractivity contribution in [1.29, 1.82) is 0 Å². The minimum atomic E-state index is -2.23. The normalized spacial score (nSPS) is 13.9. The summed E-state index contributed by atoms with van der Waals surface area (Å²) in [6.45, 7) is 5.59. The Morgan fingerprint density at radius 2 is 2.16 bits per heavy atom. The van der Waals surface area contributed by atoms with Crippen LogP contribution in [0.25, 0.3) is 0 Å². The third-order valence-electron chi connectivity index (χ3n) is 2.31. The average molecular weight is 272 g/mol. The average Bonchev–Trinajstić information content (AvgIpc) is 2.79. The molecule has 0 aliphatic rings. The highest BCUT2D eigenvalue weighted by atomic mass is 16.9. The Balaban J connectivity index is 2.96. The van der Waals surface area contributed by atoms with Gasteiger partial charge in [0.15, 0.2) is 0 Å². The number of rotatable bonds is 7. The predicted molar refractivity (Wildman–Crippen MR) is 66.1 cm³/mol. The van der Waals surface area contributed by atoms with Crippen molar-refractivity contribution in [1.82, 2.24) is 9.55 Å². The molecule has 7 nitrogen and oxygen atoms in total. The van der Waals surface area contributed by atoms with Gasteiger partial charge in [-0.3, -0.25) is 4.74 Å². The second-order valence-electron chi connectivity index (χ2n) is 3.73. The van der Waals surface area contributed by atoms with E-state index in [1.165, 1.54) is 17.0 Å². The van der Waals surface area contributed by atoms with E-state index in [0.717, 1.165) is 6.42 Å². The largest absolute Gasteiger partial charge is 0.513 e. The highest BCUT2D eigenvalue weighted by molar-refractivity contribution is 5.59. The maximum atomic E-state index is 11.4. The lowest BCUT2D eigenvalue weighted by Crippen LogP contribution is -2.42. The Labute approximate surface area is 112 Å². The summed E-state index contributed by atoms with van der Waals surface area (Å²) in [7, 11) is 0. The van der Waals surface area contributed by atoms with E-state index in [9.17, 15) is 9.90 Å². The van der Waals surface area contributed by atoms with Crippen molar-refractivity contribution in [3.63, 3.8) is 0 Å². The van der Waals surface area contributed by atoms with Gasteiger partial charge in [-0.05, 0) is 20.3 Å². The zero-order valence-corrected chi connectivity index (χ0v) is 11.5. The number of aromatic nitrogens is 2. The number of ether oxygens (including phenoxy) is 3. The summed E-state index contributed by atoms with van der Waals surface area (Å²) in [4.78, 5) is 15.5. The number of carbonyl (C=O) groups is 1. The van der Waals surface area contributed by atoms with Crippen molar-refractivity contribution < 1.29 is 24.1 Å². The molecule has 1 aromatic heterocycles. The third kappa shape index (κ3) is 3.93. The van der Waals surface area contributed by atoms with Crippen LogP contribution in [0.15, 0.2) is 12.4 Å². The Hall–Kier alpha value is -1.60. The molecule has 0 fully saturated rings. The summed E-state index contributed by atoms with van der Waals surface area (Å²) in [5.41, 5.74) is 0. The second kappa shape index (κ2) is 7.10. The van der Waals surface area contributed by atoms with Gasteiger partial charge < -0.3 is 14.6 Å². The maximum Gasteiger partial charge on any atom is 0.513 e. The van der Waals surface area contributed by atoms with Crippen molar-refractivity contribution in [3.05, 3.63) is 18.2 Å². The first-order chi connectivity index (χ1) is 9.07. The molecular weight excluding hydrogens is 252 g/mol. The monoisotopic (exact) mass is 272 g/mol. The molecule has 1 N–H and O–H groups in total. The quantitative estimate of drug-likeness (QED) is 0.599. The molecule has 0 aliphatic carbocycles. The van der Waals surface area contributed by atoms with Crippen LogP contribution in [0.5, 0.6) is 0 Å². The molecule has 1 atom stereocenters. The topological polar surface area (TPSA) is 82.8 Å². The van der Waals surface area contributed by atoms with Gasteiger partial charge in [-0.15, -0.1) is 0 Å². The molecule has 0 spiro atoms. The van der Waals surface area contributed by atoms with Crippen LogP contribution in [0, 0.1) is 0 Å². The summed E-state index contributed by atoms with van der Waals surface area (Å²) in [5, 5.41) is 10.4. The lowest BCUT2D eigenvalue weighted by molar-refractivity contribution is -0.396. The zero-order valence-electron chi connectivity index (χ0n) is 11.5. The first-order valence-electron chi connectivity index (χ1n) is 6.32. The van der Waals surface area contributed by atoms with Crippen LogP contribution in [-0.2, 0) is 26.7 Å². The molecule has 1 rings (SSSR count). The van der Waals surface area contributed by atoms with Gasteiger partial charge >= 0.3 is 12.3 Å². The maximum absolute atomic E-state index is 11.4. The van der Waals surface area contributed by atoms with E-state index in [0.29, 0.717) is 12.2 Å². The molecule has 0 bridgehead atoms. The molecule has 0 aliphatic heterocycles. The van der Waals surface area contributed by atoms with E-state index in [-0.39, 0.29) is 13.2 Å². The molecule has 7 heteroatoms. The number of carbonyl (C=O) groups excluding carboxylic acids is 1. The van der Waals surface area contributed by atoms with Crippen molar-refractivity contribution in [3.8, 4) is 0 Å². The minimum Gasteiger partial charge on any atom is -0.434 e. The lowest BCUT2D eigenvalue weighted by atomic mass is 10.3. The SMILES string of the molecule is CCCc1nccn1[C@](O)(OCC)OC(=O)OCC. The molecule has 0 saturated heterocycles. The molecule has 19 heavy (non-hydrogen) atoms. The number of nitrogens with zero attached hydrogens (tertiary/aromatic N) is 2. The highest BCUT2D eigenvalue weighted by Gasteiger charge is 2.37. The summed E-state index contributed by atoms with van der Waals surface area (Å²) in [6, 6.07) is 0. The minimum absolute atomic E-state index is 0.146. The first kappa shape index (κ1) is 15.5. The summed E-state index contributed by atoms with van der Waals surface area (Å²) < 4.78 is 15.9. The molecule has 0 aromatic carbocycles. The standard InChI is InChI=1S/C12H20N2O5/c1-4-7-10-13-8-9-14(10)12(16,18-6-3)19-11(15)17-5-2/h8-9,16H,4-7H2,1-3H3/t12-/m0/s1. The van der Waals surface area contributed by atoms with Gasteiger partial charge in [-0.2, -0.15) is 0 Å². The van der Waals surface area contributed by atoms with Gasteiger partial charge in [0.25, 0.3) is 0 Å². The molecular formula is C12H20N2O5. The van der Waals surface area contributed by atoms with E-state index < -0.39 is 12.3 Å². The Morgan fingerprint density at radius 1 is 1.42 bits per heavy atom. The number of hydrogen-bond donors (Lipinski definition) is 1. The van der Waals surface area contributed by atoms with Crippen molar-refractivity contribution >= 4 is 6.16 Å². The van der Waals surface area contributed by atoms with Gasteiger partial charge in [-0.1, -0.05) is 6.92 Å². The smallest absolute Gasteiger partial charge is 0.434 e. The van der Waals surface area contributed by atoms with Crippen molar-refractivity contribution in [2.75, 3.05) is 13.2 Å². The van der Waals surface area contributed by atoms with Crippen LogP contribution in [0.4, 0.5) is 4.79 Å². The van der Waals surface area contributed by atoms with Gasteiger partial charge in [0.05, 0.1) is 13.2 Å². The van der Waals surface area contributed by atoms with Crippen LogP contribution in [0.1, 0.15) is 33.0 Å². The van der Waals surface area contributed by atoms with Crippen LogP contribution in [-0.4, -0.2) is 34.0 Å². The van der Waals surface area contributed by atoms with Crippen LogP contribution in [0.3, 0.4) is 0 Å². The molecule has 0 unspecified atom stereocenters. The molecule has 1 heterocycles. The molecule has 108 valence electrons. The molecule has 0 saturated carbocycles. The van der Waals surface area contributed by atoms with Crippen LogP contribution in [0.2, 0.25) is 0 Å². The molecule has 0 amide bonds. The van der Waals surface area contributed by atoms with E-state index in [4.69, 9.17) is 9.47 Å². The molecule has 0 radical (unpaired) electrons. The summed E-state index contributed by atoms with van der Waals surface area (Å²) >= 11 is 0. The van der Waals surface area contributed by atoms with Crippen LogP contribution >= 0.6 is 0 Å². The van der Waals surface area contributed by atoms with Crippen molar-refractivity contribution in [2.24, 2.45) is 0 Å².